The second-order valence-electron chi connectivity index (χ2n) is 10.4. The average molecular weight is 476 g/mol. The minimum atomic E-state index is -3.81. The third kappa shape index (κ3) is 5.83. The monoisotopic (exact) mass is 475 g/mol. The van der Waals surface area contributed by atoms with Gasteiger partial charge in [0.2, 0.25) is 10.0 Å². The van der Waals surface area contributed by atoms with Crippen LogP contribution in [0.3, 0.4) is 0 Å². The van der Waals surface area contributed by atoms with E-state index < -0.39 is 10.0 Å². The van der Waals surface area contributed by atoms with Crippen molar-refractivity contribution in [1.29, 1.82) is 0 Å². The predicted molar refractivity (Wildman–Crippen MR) is 134 cm³/mol. The first kappa shape index (κ1) is 25.8. The van der Waals surface area contributed by atoms with Crippen molar-refractivity contribution in [2.24, 2.45) is 5.41 Å². The standard InChI is InChI=1S/C27H41NO4S/c1-5-6-7-12-22-17-24(29)23(14-13-21(4)11-8-10-20(2)3)25(30)26(22)33(31,32)28-18-27(19-28)15-9-16-27/h10,13,17,29-30H,5-9,11-12,14-16,18-19H2,1-4H3. The molecule has 0 atom stereocenters. The van der Waals surface area contributed by atoms with Crippen LogP contribution in [0.15, 0.2) is 34.3 Å². The maximum Gasteiger partial charge on any atom is 0.247 e. The Bertz CT molecular complexity index is 1010. The molecule has 1 aliphatic carbocycles. The largest absolute Gasteiger partial charge is 0.508 e. The highest BCUT2D eigenvalue weighted by Gasteiger charge is 2.52. The van der Waals surface area contributed by atoms with Crippen molar-refractivity contribution in [1.82, 2.24) is 4.31 Å². The van der Waals surface area contributed by atoms with E-state index in [1.807, 2.05) is 13.0 Å². The van der Waals surface area contributed by atoms with E-state index in [1.165, 1.54) is 16.3 Å². The first-order valence-electron chi connectivity index (χ1n) is 12.5. The van der Waals surface area contributed by atoms with Gasteiger partial charge in [0, 0.05) is 18.7 Å². The molecule has 0 radical (unpaired) electrons. The van der Waals surface area contributed by atoms with Crippen LogP contribution in [0.1, 0.15) is 90.2 Å². The molecule has 1 saturated heterocycles. The van der Waals surface area contributed by atoms with Crippen molar-refractivity contribution in [2.45, 2.75) is 96.8 Å². The summed E-state index contributed by atoms with van der Waals surface area (Å²) in [5.41, 5.74) is 3.42. The molecule has 0 amide bonds. The molecule has 33 heavy (non-hydrogen) atoms. The number of hydrogen-bond donors (Lipinski definition) is 2. The summed E-state index contributed by atoms with van der Waals surface area (Å²) in [5, 5.41) is 21.9. The molecule has 2 N–H and O–H groups in total. The van der Waals surface area contributed by atoms with Crippen molar-refractivity contribution in [3.05, 3.63) is 40.5 Å². The van der Waals surface area contributed by atoms with Crippen LogP contribution in [0.4, 0.5) is 0 Å². The highest BCUT2D eigenvalue weighted by atomic mass is 32.2. The number of aromatic hydroxyl groups is 2. The fourth-order valence-corrected chi connectivity index (χ4v) is 6.93. The van der Waals surface area contributed by atoms with Crippen LogP contribution in [0.25, 0.3) is 0 Å². The summed E-state index contributed by atoms with van der Waals surface area (Å²) in [6, 6.07) is 1.57. The summed E-state index contributed by atoms with van der Waals surface area (Å²) in [6.45, 7) is 9.36. The summed E-state index contributed by atoms with van der Waals surface area (Å²) < 4.78 is 28.7. The summed E-state index contributed by atoms with van der Waals surface area (Å²) in [4.78, 5) is 0.0103. The van der Waals surface area contributed by atoms with E-state index in [0.29, 0.717) is 37.1 Å². The number of rotatable bonds is 11. The molecule has 1 aromatic rings. The van der Waals surface area contributed by atoms with Gasteiger partial charge in [0.05, 0.1) is 0 Å². The Hall–Kier alpha value is -1.79. The number of allylic oxidation sites excluding steroid dienone is 4. The van der Waals surface area contributed by atoms with Crippen LogP contribution in [0.5, 0.6) is 11.5 Å². The van der Waals surface area contributed by atoms with Crippen LogP contribution in [-0.2, 0) is 22.9 Å². The SMILES string of the molecule is CCCCCc1cc(O)c(CC=C(C)CCC=C(C)C)c(O)c1S(=O)(=O)N1CC2(CCC2)C1. The molecule has 1 saturated carbocycles. The van der Waals surface area contributed by atoms with Gasteiger partial charge in [0.15, 0.2) is 0 Å². The van der Waals surface area contributed by atoms with Gasteiger partial charge in [0.1, 0.15) is 16.4 Å². The van der Waals surface area contributed by atoms with E-state index in [0.717, 1.165) is 50.5 Å². The fraction of sp³-hybridized carbons (Fsp3) is 0.630. The predicted octanol–water partition coefficient (Wildman–Crippen LogP) is 6.24. The molecule has 6 heteroatoms. The van der Waals surface area contributed by atoms with Crippen LogP contribution in [0, 0.1) is 5.41 Å². The minimum absolute atomic E-state index is 0.0103. The minimum Gasteiger partial charge on any atom is -0.508 e. The number of hydrogen-bond acceptors (Lipinski definition) is 4. The highest BCUT2D eigenvalue weighted by Crippen LogP contribution is 2.51. The van der Waals surface area contributed by atoms with E-state index in [2.05, 4.69) is 26.8 Å². The summed E-state index contributed by atoms with van der Waals surface area (Å²) in [6.07, 6.45) is 13.0. The van der Waals surface area contributed by atoms with Gasteiger partial charge in [0.25, 0.3) is 0 Å². The topological polar surface area (TPSA) is 77.8 Å². The first-order chi connectivity index (χ1) is 15.6. The molecule has 5 nitrogen and oxygen atoms in total. The second-order valence-corrected chi connectivity index (χ2v) is 12.2. The van der Waals surface area contributed by atoms with Crippen molar-refractivity contribution < 1.29 is 18.6 Å². The molecular formula is C27H41NO4S. The lowest BCUT2D eigenvalue weighted by Gasteiger charge is -2.55. The number of benzene rings is 1. The zero-order chi connectivity index (χ0) is 24.2. The van der Waals surface area contributed by atoms with Crippen LogP contribution < -0.4 is 0 Å². The van der Waals surface area contributed by atoms with E-state index in [1.54, 1.807) is 6.07 Å². The molecule has 0 unspecified atom stereocenters. The van der Waals surface area contributed by atoms with Crippen molar-refractivity contribution in [3.63, 3.8) is 0 Å². The molecule has 1 heterocycles. The lowest BCUT2D eigenvalue weighted by Crippen LogP contribution is -2.61. The summed E-state index contributed by atoms with van der Waals surface area (Å²) >= 11 is 0. The maximum atomic E-state index is 13.6. The fourth-order valence-electron chi connectivity index (χ4n) is 4.93. The van der Waals surface area contributed by atoms with Gasteiger partial charge in [-0.2, -0.15) is 4.31 Å². The Balaban J connectivity index is 1.89. The van der Waals surface area contributed by atoms with Crippen LogP contribution >= 0.6 is 0 Å². The molecular weight excluding hydrogens is 434 g/mol. The Morgan fingerprint density at radius 3 is 2.39 bits per heavy atom. The van der Waals surface area contributed by atoms with Gasteiger partial charge in [-0.05, 0) is 82.8 Å². The van der Waals surface area contributed by atoms with E-state index in [-0.39, 0.29) is 21.8 Å². The van der Waals surface area contributed by atoms with Gasteiger partial charge in [-0.3, -0.25) is 0 Å². The Morgan fingerprint density at radius 2 is 1.82 bits per heavy atom. The van der Waals surface area contributed by atoms with Crippen molar-refractivity contribution >= 4 is 10.0 Å². The van der Waals surface area contributed by atoms with Gasteiger partial charge < -0.3 is 10.2 Å². The van der Waals surface area contributed by atoms with Gasteiger partial charge in [-0.1, -0.05) is 49.5 Å². The van der Waals surface area contributed by atoms with E-state index >= 15 is 0 Å². The molecule has 184 valence electrons. The van der Waals surface area contributed by atoms with Crippen molar-refractivity contribution in [3.8, 4) is 11.5 Å². The van der Waals surface area contributed by atoms with E-state index in [9.17, 15) is 18.6 Å². The zero-order valence-electron chi connectivity index (χ0n) is 20.8. The van der Waals surface area contributed by atoms with Crippen molar-refractivity contribution in [2.75, 3.05) is 13.1 Å². The molecule has 0 bridgehead atoms. The smallest absolute Gasteiger partial charge is 0.247 e. The van der Waals surface area contributed by atoms with Gasteiger partial charge >= 0.3 is 0 Å². The number of sulfonamides is 1. The first-order valence-corrected chi connectivity index (χ1v) is 13.9. The molecule has 0 aromatic heterocycles. The number of nitrogens with zero attached hydrogens (tertiary/aromatic N) is 1. The van der Waals surface area contributed by atoms with E-state index in [4.69, 9.17) is 0 Å². The Kier molecular flexibility index (Phi) is 8.33. The maximum absolute atomic E-state index is 13.6. The number of aryl methyl sites for hydroxylation is 1. The molecule has 1 aromatic carbocycles. The lowest BCUT2D eigenvalue weighted by molar-refractivity contribution is -0.00804. The van der Waals surface area contributed by atoms with Gasteiger partial charge in [-0.25, -0.2) is 8.42 Å². The third-order valence-corrected chi connectivity index (χ3v) is 9.15. The van der Waals surface area contributed by atoms with Crippen LogP contribution in [-0.4, -0.2) is 36.0 Å². The highest BCUT2D eigenvalue weighted by molar-refractivity contribution is 7.89. The summed E-state index contributed by atoms with van der Waals surface area (Å²) in [7, 11) is -3.81. The lowest BCUT2D eigenvalue weighted by atomic mass is 9.65. The molecule has 3 rings (SSSR count). The zero-order valence-corrected chi connectivity index (χ0v) is 21.6. The second kappa shape index (κ2) is 10.6. The Labute approximate surface area is 200 Å². The number of phenolic OH excluding ortho intramolecular Hbond substituents is 2. The quantitative estimate of drug-likeness (QED) is 0.293. The number of unbranched alkanes of at least 4 members (excludes halogenated alkanes) is 2. The summed E-state index contributed by atoms with van der Waals surface area (Å²) in [5.74, 6) is -0.297. The van der Waals surface area contributed by atoms with Gasteiger partial charge in [-0.15, -0.1) is 0 Å². The number of phenols is 2. The molecule has 2 fully saturated rings. The van der Waals surface area contributed by atoms with Crippen LogP contribution in [0.2, 0.25) is 0 Å². The molecule has 2 aliphatic rings. The molecule has 1 spiro atoms. The third-order valence-electron chi connectivity index (χ3n) is 7.24. The normalized spacial score (nSPS) is 18.1. The Morgan fingerprint density at radius 1 is 1.12 bits per heavy atom. The molecule has 1 aliphatic heterocycles. The average Bonchev–Trinajstić information content (AvgIpc) is 2.64.